The van der Waals surface area contributed by atoms with E-state index in [0.717, 1.165) is 0 Å². The van der Waals surface area contributed by atoms with E-state index >= 15 is 0 Å². The third-order valence-corrected chi connectivity index (χ3v) is 5.32. The molecule has 0 aliphatic heterocycles. The maximum absolute atomic E-state index is 2.34. The molecule has 0 saturated heterocycles. The first kappa shape index (κ1) is 16.5. The lowest BCUT2D eigenvalue weighted by molar-refractivity contribution is -0.659. The number of hydrogen-bond donors (Lipinski definition) is 0. The molecule has 0 radical (unpaired) electrons. The van der Waals surface area contributed by atoms with Gasteiger partial charge >= 0.3 is 0 Å². The number of fused-ring (bicyclic) bond motifs is 1. The fourth-order valence-electron chi connectivity index (χ4n) is 3.73. The maximum atomic E-state index is 2.34. The fraction of sp³-hybridized carbons (Fsp3) is 0.160. The molecule has 0 fully saturated rings. The summed E-state index contributed by atoms with van der Waals surface area (Å²) in [7, 11) is 2.14. The molecule has 0 unspecified atom stereocenters. The molecule has 0 aliphatic carbocycles. The predicted molar refractivity (Wildman–Crippen MR) is 110 cm³/mol. The van der Waals surface area contributed by atoms with Crippen molar-refractivity contribution in [3.63, 3.8) is 0 Å². The minimum Gasteiger partial charge on any atom is -0.200 e. The molecule has 0 N–H and O–H groups in total. The predicted octanol–water partition coefficient (Wildman–Crippen LogP) is 5.92. The molecule has 26 heavy (non-hydrogen) atoms. The molecule has 0 bridgehead atoms. The summed E-state index contributed by atoms with van der Waals surface area (Å²) in [5.41, 5.74) is 9.08. The summed E-state index contributed by atoms with van der Waals surface area (Å²) < 4.78 is 2.24. The fourth-order valence-corrected chi connectivity index (χ4v) is 3.73. The number of rotatable bonds is 2. The highest BCUT2D eigenvalue weighted by atomic mass is 14.9. The van der Waals surface area contributed by atoms with Crippen molar-refractivity contribution < 1.29 is 4.57 Å². The monoisotopic (exact) mass is 338 g/mol. The Bertz CT molecular complexity index is 1110. The molecule has 1 heteroatoms. The summed E-state index contributed by atoms with van der Waals surface area (Å²) in [6.07, 6.45) is 2.17. The molecule has 3 aromatic carbocycles. The maximum Gasteiger partial charge on any atom is 0.220 e. The van der Waals surface area contributed by atoms with Crippen LogP contribution >= 0.6 is 0 Å². The Morgan fingerprint density at radius 1 is 0.731 bits per heavy atom. The van der Waals surface area contributed by atoms with Gasteiger partial charge in [-0.25, -0.2) is 4.57 Å². The average molecular weight is 338 g/mol. The van der Waals surface area contributed by atoms with Gasteiger partial charge in [-0.05, 0) is 60.5 Å². The topological polar surface area (TPSA) is 3.88 Å². The molecule has 128 valence electrons. The van der Waals surface area contributed by atoms with Crippen molar-refractivity contribution in [2.24, 2.45) is 7.05 Å². The van der Waals surface area contributed by atoms with Gasteiger partial charge in [0.2, 0.25) is 5.69 Å². The van der Waals surface area contributed by atoms with Crippen LogP contribution in [0.15, 0.2) is 72.9 Å². The van der Waals surface area contributed by atoms with Crippen molar-refractivity contribution in [1.29, 1.82) is 0 Å². The highest BCUT2D eigenvalue weighted by Crippen LogP contribution is 2.33. The smallest absolute Gasteiger partial charge is 0.200 e. The van der Waals surface area contributed by atoms with Gasteiger partial charge in [0.25, 0.3) is 0 Å². The Kier molecular flexibility index (Phi) is 4.08. The van der Waals surface area contributed by atoms with Crippen molar-refractivity contribution in [3.8, 4) is 22.4 Å². The molecule has 0 amide bonds. The third-order valence-electron chi connectivity index (χ3n) is 5.32. The Balaban J connectivity index is 2.03. The van der Waals surface area contributed by atoms with Crippen LogP contribution in [0.3, 0.4) is 0 Å². The SMILES string of the molecule is Cc1ccc2c(-c3cc(-c4ccccc4)cc(C)c3C)[n+](C)ccc2c1. The number of aromatic nitrogens is 1. The molecule has 0 spiro atoms. The second-order valence-corrected chi connectivity index (χ2v) is 7.20. The van der Waals surface area contributed by atoms with E-state index < -0.39 is 0 Å². The zero-order valence-corrected chi connectivity index (χ0v) is 15.9. The number of aryl methyl sites for hydroxylation is 3. The molecule has 1 heterocycles. The van der Waals surface area contributed by atoms with E-state index in [1.54, 1.807) is 0 Å². The second-order valence-electron chi connectivity index (χ2n) is 7.20. The lowest BCUT2D eigenvalue weighted by Crippen LogP contribution is -2.30. The lowest BCUT2D eigenvalue weighted by Gasteiger charge is -2.13. The summed E-state index contributed by atoms with van der Waals surface area (Å²) in [5.74, 6) is 0. The van der Waals surface area contributed by atoms with E-state index in [0.29, 0.717) is 0 Å². The molecular formula is C25H24N+. The third kappa shape index (κ3) is 2.80. The van der Waals surface area contributed by atoms with Crippen LogP contribution in [0.5, 0.6) is 0 Å². The highest BCUT2D eigenvalue weighted by Gasteiger charge is 2.19. The van der Waals surface area contributed by atoms with Crippen LogP contribution < -0.4 is 4.57 Å². The van der Waals surface area contributed by atoms with Gasteiger partial charge in [-0.3, -0.25) is 0 Å². The molecule has 4 aromatic rings. The molecule has 0 atom stereocenters. The summed E-state index contributed by atoms with van der Waals surface area (Å²) >= 11 is 0. The first-order valence-corrected chi connectivity index (χ1v) is 9.10. The van der Waals surface area contributed by atoms with Crippen LogP contribution in [-0.2, 0) is 7.05 Å². The standard InChI is InChI=1S/C25H24N/c1-17-10-11-23-21(14-17)12-13-26(4)25(23)24-16-22(15-18(2)19(24)3)20-8-6-5-7-9-20/h5-16H,1-4H3/q+1. The van der Waals surface area contributed by atoms with Gasteiger partial charge in [0.1, 0.15) is 7.05 Å². The van der Waals surface area contributed by atoms with E-state index in [-0.39, 0.29) is 0 Å². The Hall–Kier alpha value is -2.93. The van der Waals surface area contributed by atoms with Crippen LogP contribution in [-0.4, -0.2) is 0 Å². The van der Waals surface area contributed by atoms with Gasteiger partial charge in [0, 0.05) is 6.07 Å². The van der Waals surface area contributed by atoms with Crippen LogP contribution in [0.1, 0.15) is 16.7 Å². The average Bonchev–Trinajstić information content (AvgIpc) is 2.65. The summed E-state index contributed by atoms with van der Waals surface area (Å²) in [6, 6.07) is 24.2. The summed E-state index contributed by atoms with van der Waals surface area (Å²) in [5, 5.41) is 2.59. The second kappa shape index (κ2) is 6.42. The first-order chi connectivity index (χ1) is 12.5. The Labute approximate surface area is 155 Å². The van der Waals surface area contributed by atoms with E-state index in [9.17, 15) is 0 Å². The minimum absolute atomic E-state index is 1.26. The first-order valence-electron chi connectivity index (χ1n) is 9.10. The van der Waals surface area contributed by atoms with E-state index in [2.05, 4.69) is 105 Å². The zero-order valence-electron chi connectivity index (χ0n) is 15.9. The molecule has 1 nitrogen and oxygen atoms in total. The van der Waals surface area contributed by atoms with Crippen LogP contribution in [0.4, 0.5) is 0 Å². The van der Waals surface area contributed by atoms with Crippen LogP contribution in [0.25, 0.3) is 33.2 Å². The van der Waals surface area contributed by atoms with Crippen molar-refractivity contribution >= 4 is 10.8 Å². The van der Waals surface area contributed by atoms with Gasteiger partial charge in [0.05, 0.1) is 10.9 Å². The highest BCUT2D eigenvalue weighted by molar-refractivity contribution is 5.95. The van der Waals surface area contributed by atoms with Gasteiger partial charge in [-0.15, -0.1) is 0 Å². The van der Waals surface area contributed by atoms with Crippen LogP contribution in [0.2, 0.25) is 0 Å². The largest absolute Gasteiger partial charge is 0.220 e. The zero-order chi connectivity index (χ0) is 18.3. The Morgan fingerprint density at radius 3 is 2.27 bits per heavy atom. The number of pyridine rings is 1. The minimum atomic E-state index is 1.26. The lowest BCUT2D eigenvalue weighted by atomic mass is 9.92. The normalized spacial score (nSPS) is 11.1. The molecular weight excluding hydrogens is 314 g/mol. The quantitative estimate of drug-likeness (QED) is 0.399. The van der Waals surface area contributed by atoms with Crippen molar-refractivity contribution in [3.05, 3.63) is 89.6 Å². The van der Waals surface area contributed by atoms with Gasteiger partial charge in [-0.2, -0.15) is 0 Å². The number of nitrogens with zero attached hydrogens (tertiary/aromatic N) is 1. The van der Waals surface area contributed by atoms with Gasteiger partial charge < -0.3 is 0 Å². The number of hydrogen-bond acceptors (Lipinski definition) is 0. The number of benzene rings is 3. The van der Waals surface area contributed by atoms with Crippen molar-refractivity contribution in [2.75, 3.05) is 0 Å². The van der Waals surface area contributed by atoms with Crippen LogP contribution in [0, 0.1) is 20.8 Å². The van der Waals surface area contributed by atoms with E-state index in [1.807, 2.05) is 0 Å². The van der Waals surface area contributed by atoms with Gasteiger partial charge in [-0.1, -0.05) is 54.1 Å². The molecule has 1 aromatic heterocycles. The van der Waals surface area contributed by atoms with Gasteiger partial charge in [0.15, 0.2) is 6.20 Å². The van der Waals surface area contributed by atoms with E-state index in [4.69, 9.17) is 0 Å². The Morgan fingerprint density at radius 2 is 1.50 bits per heavy atom. The van der Waals surface area contributed by atoms with Crippen molar-refractivity contribution in [2.45, 2.75) is 20.8 Å². The molecule has 0 aliphatic rings. The molecule has 4 rings (SSSR count). The summed E-state index contributed by atoms with van der Waals surface area (Å²) in [4.78, 5) is 0. The van der Waals surface area contributed by atoms with Crippen molar-refractivity contribution in [1.82, 2.24) is 0 Å². The van der Waals surface area contributed by atoms with E-state index in [1.165, 1.54) is 49.8 Å². The summed E-state index contributed by atoms with van der Waals surface area (Å²) in [6.45, 7) is 6.59. The molecule has 0 saturated carbocycles.